The molecule has 1 heterocycles. The summed E-state index contributed by atoms with van der Waals surface area (Å²) in [5, 5.41) is 6.27. The summed E-state index contributed by atoms with van der Waals surface area (Å²) >= 11 is 0. The molecule has 5 nitrogen and oxygen atoms in total. The molecule has 0 aliphatic carbocycles. The van der Waals surface area contributed by atoms with Crippen molar-refractivity contribution in [3.05, 3.63) is 29.8 Å². The minimum Gasteiger partial charge on any atom is -0.489 e. The molecule has 0 bridgehead atoms. The van der Waals surface area contributed by atoms with Gasteiger partial charge in [0.2, 0.25) is 0 Å². The van der Waals surface area contributed by atoms with Gasteiger partial charge in [-0.25, -0.2) is 8.78 Å². The molecule has 1 fully saturated rings. The molecule has 1 aromatic carbocycles. The highest BCUT2D eigenvalue weighted by Gasteiger charge is 2.29. The first-order chi connectivity index (χ1) is 11.5. The summed E-state index contributed by atoms with van der Waals surface area (Å²) in [6, 6.07) is 3.25. The number of rotatable bonds is 7. The topological polar surface area (TPSA) is 54.9 Å². The summed E-state index contributed by atoms with van der Waals surface area (Å²) in [6.45, 7) is 6.82. The maximum Gasteiger partial charge on any atom is 0.191 e. The van der Waals surface area contributed by atoms with E-state index in [1.54, 1.807) is 0 Å². The predicted molar refractivity (Wildman–Crippen MR) is 89.4 cm³/mol. The average molecular weight is 341 g/mol. The van der Waals surface area contributed by atoms with Gasteiger partial charge >= 0.3 is 0 Å². The van der Waals surface area contributed by atoms with E-state index in [2.05, 4.69) is 22.5 Å². The van der Waals surface area contributed by atoms with Gasteiger partial charge in [0.05, 0.1) is 18.7 Å². The molecule has 1 aliphatic heterocycles. The van der Waals surface area contributed by atoms with Crippen molar-refractivity contribution in [2.45, 2.75) is 32.3 Å². The highest BCUT2D eigenvalue weighted by atomic mass is 19.1. The highest BCUT2D eigenvalue weighted by molar-refractivity contribution is 5.79. The van der Waals surface area contributed by atoms with Crippen molar-refractivity contribution in [1.29, 1.82) is 0 Å². The first-order valence-corrected chi connectivity index (χ1v) is 8.26. The standard InChI is InChI=1S/C17H25F2N3O2/c1-3-20-16(22-12-17(2)7-4-9-24-17)21-8-10-23-15-6-5-13(18)11-14(15)19/h5-6,11H,3-4,7-10,12H2,1-2H3,(H2,20,21,22). The number of halogens is 2. The van der Waals surface area contributed by atoms with Gasteiger partial charge in [-0.3, -0.25) is 4.99 Å². The lowest BCUT2D eigenvalue weighted by molar-refractivity contribution is 0.0283. The van der Waals surface area contributed by atoms with E-state index in [4.69, 9.17) is 9.47 Å². The van der Waals surface area contributed by atoms with E-state index in [1.807, 2.05) is 6.92 Å². The average Bonchev–Trinajstić information content (AvgIpc) is 2.98. The Labute approximate surface area is 141 Å². The number of hydrogen-bond donors (Lipinski definition) is 2. The van der Waals surface area contributed by atoms with E-state index >= 15 is 0 Å². The molecule has 24 heavy (non-hydrogen) atoms. The summed E-state index contributed by atoms with van der Waals surface area (Å²) in [6.07, 6.45) is 2.07. The van der Waals surface area contributed by atoms with Gasteiger partial charge in [-0.05, 0) is 38.8 Å². The first-order valence-electron chi connectivity index (χ1n) is 8.26. The van der Waals surface area contributed by atoms with Gasteiger partial charge < -0.3 is 20.1 Å². The van der Waals surface area contributed by atoms with E-state index in [0.717, 1.165) is 32.1 Å². The third kappa shape index (κ3) is 5.63. The van der Waals surface area contributed by atoms with Gasteiger partial charge in [-0.1, -0.05) is 0 Å². The summed E-state index contributed by atoms with van der Waals surface area (Å²) in [5.74, 6) is -0.631. The number of nitrogens with one attached hydrogen (secondary N) is 2. The van der Waals surface area contributed by atoms with Crippen LogP contribution in [0.4, 0.5) is 8.78 Å². The van der Waals surface area contributed by atoms with E-state index in [0.29, 0.717) is 19.0 Å². The maximum absolute atomic E-state index is 13.5. The molecule has 1 saturated heterocycles. The monoisotopic (exact) mass is 341 g/mol. The van der Waals surface area contributed by atoms with Gasteiger partial charge in [0, 0.05) is 19.2 Å². The zero-order valence-corrected chi connectivity index (χ0v) is 14.2. The quantitative estimate of drug-likeness (QED) is 0.454. The van der Waals surface area contributed by atoms with Crippen LogP contribution >= 0.6 is 0 Å². The molecular weight excluding hydrogens is 316 g/mol. The highest BCUT2D eigenvalue weighted by Crippen LogP contribution is 2.25. The molecule has 0 amide bonds. The fourth-order valence-corrected chi connectivity index (χ4v) is 2.47. The fourth-order valence-electron chi connectivity index (χ4n) is 2.47. The van der Waals surface area contributed by atoms with Crippen LogP contribution in [0.3, 0.4) is 0 Å². The maximum atomic E-state index is 13.5. The van der Waals surface area contributed by atoms with Gasteiger partial charge in [-0.2, -0.15) is 0 Å². The normalized spacial score (nSPS) is 20.9. The second-order valence-electron chi connectivity index (χ2n) is 5.95. The summed E-state index contributed by atoms with van der Waals surface area (Å²) < 4.78 is 37.3. The summed E-state index contributed by atoms with van der Waals surface area (Å²) in [7, 11) is 0. The van der Waals surface area contributed by atoms with Crippen molar-refractivity contribution < 1.29 is 18.3 Å². The van der Waals surface area contributed by atoms with Gasteiger partial charge in [0.25, 0.3) is 0 Å². The van der Waals surface area contributed by atoms with Crippen molar-refractivity contribution in [3.63, 3.8) is 0 Å². The Hall–Kier alpha value is -1.89. The molecule has 2 N–H and O–H groups in total. The lowest BCUT2D eigenvalue weighted by Gasteiger charge is -2.21. The van der Waals surface area contributed by atoms with Crippen LogP contribution in [0.1, 0.15) is 26.7 Å². The van der Waals surface area contributed by atoms with Crippen molar-refractivity contribution in [2.24, 2.45) is 4.99 Å². The van der Waals surface area contributed by atoms with Crippen molar-refractivity contribution in [3.8, 4) is 5.75 Å². The van der Waals surface area contributed by atoms with E-state index in [1.165, 1.54) is 12.1 Å². The molecule has 0 saturated carbocycles. The SMILES string of the molecule is CCNC(=NCC1(C)CCCO1)NCCOc1ccc(F)cc1F. The lowest BCUT2D eigenvalue weighted by Crippen LogP contribution is -2.40. The zero-order valence-electron chi connectivity index (χ0n) is 14.2. The Morgan fingerprint density at radius 3 is 2.88 bits per heavy atom. The molecular formula is C17H25F2N3O2. The van der Waals surface area contributed by atoms with Crippen LogP contribution in [-0.4, -0.2) is 44.4 Å². The lowest BCUT2D eigenvalue weighted by atomic mass is 10.0. The number of aliphatic imine (C=N–C) groups is 1. The molecule has 0 radical (unpaired) electrons. The molecule has 0 aromatic heterocycles. The molecule has 1 unspecified atom stereocenters. The molecule has 2 rings (SSSR count). The largest absolute Gasteiger partial charge is 0.489 e. The third-order valence-electron chi connectivity index (χ3n) is 3.76. The number of nitrogens with zero attached hydrogens (tertiary/aromatic N) is 1. The molecule has 1 aliphatic rings. The summed E-state index contributed by atoms with van der Waals surface area (Å²) in [5.41, 5.74) is -0.198. The van der Waals surface area contributed by atoms with Crippen LogP contribution in [0, 0.1) is 11.6 Å². The second kappa shape index (κ2) is 8.82. The molecule has 1 aromatic rings. The minimum atomic E-state index is -0.707. The number of ether oxygens (including phenoxy) is 2. The molecule has 134 valence electrons. The van der Waals surface area contributed by atoms with E-state index < -0.39 is 11.6 Å². The van der Waals surface area contributed by atoms with E-state index in [-0.39, 0.29) is 18.0 Å². The van der Waals surface area contributed by atoms with Crippen LogP contribution < -0.4 is 15.4 Å². The minimum absolute atomic E-state index is 0.0343. The molecule has 0 spiro atoms. The predicted octanol–water partition coefficient (Wildman–Crippen LogP) is 2.47. The first kappa shape index (κ1) is 18.4. The van der Waals surface area contributed by atoms with E-state index in [9.17, 15) is 8.78 Å². The zero-order chi connectivity index (χ0) is 17.4. The fraction of sp³-hybridized carbons (Fsp3) is 0.588. The Kier molecular flexibility index (Phi) is 6.78. The smallest absolute Gasteiger partial charge is 0.191 e. The summed E-state index contributed by atoms with van der Waals surface area (Å²) in [4.78, 5) is 4.53. The molecule has 7 heteroatoms. The Bertz CT molecular complexity index is 561. The van der Waals surface area contributed by atoms with Crippen LogP contribution in [0.25, 0.3) is 0 Å². The number of benzene rings is 1. The van der Waals surface area contributed by atoms with Crippen LogP contribution in [0.5, 0.6) is 5.75 Å². The van der Waals surface area contributed by atoms with Crippen LogP contribution in [0.2, 0.25) is 0 Å². The van der Waals surface area contributed by atoms with Gasteiger partial charge in [0.1, 0.15) is 12.4 Å². The number of guanidine groups is 1. The van der Waals surface area contributed by atoms with Gasteiger partial charge in [-0.15, -0.1) is 0 Å². The molecule has 1 atom stereocenters. The Morgan fingerprint density at radius 1 is 1.38 bits per heavy atom. The van der Waals surface area contributed by atoms with Gasteiger partial charge in [0.15, 0.2) is 17.5 Å². The Balaban J connectivity index is 1.78. The van der Waals surface area contributed by atoms with Crippen molar-refractivity contribution in [2.75, 3.05) is 32.8 Å². The van der Waals surface area contributed by atoms with Crippen LogP contribution in [0.15, 0.2) is 23.2 Å². The number of hydrogen-bond acceptors (Lipinski definition) is 3. The van der Waals surface area contributed by atoms with Crippen molar-refractivity contribution in [1.82, 2.24) is 10.6 Å². The van der Waals surface area contributed by atoms with Crippen molar-refractivity contribution >= 4 is 5.96 Å². The van der Waals surface area contributed by atoms with Crippen LogP contribution in [-0.2, 0) is 4.74 Å². The third-order valence-corrected chi connectivity index (χ3v) is 3.76. The Morgan fingerprint density at radius 2 is 2.21 bits per heavy atom. The second-order valence-corrected chi connectivity index (χ2v) is 5.95.